The van der Waals surface area contributed by atoms with Crippen LogP contribution < -0.4 is 5.32 Å². The number of nitrogens with zero attached hydrogens (tertiary/aromatic N) is 3. The first-order valence-electron chi connectivity index (χ1n) is 8.10. The molecule has 6 heteroatoms. The summed E-state index contributed by atoms with van der Waals surface area (Å²) in [5, 5.41) is 4.39. The number of nitrogens with one attached hydrogen (secondary N) is 1. The van der Waals surface area contributed by atoms with Crippen LogP contribution in [-0.2, 0) is 0 Å². The molecular formula is C16H18F2N4. The lowest BCUT2D eigenvalue weighted by molar-refractivity contribution is 0.0849. The lowest BCUT2D eigenvalue weighted by Crippen LogP contribution is -2.24. The highest BCUT2D eigenvalue weighted by molar-refractivity contribution is 5.87. The van der Waals surface area contributed by atoms with Crippen LogP contribution in [0.15, 0.2) is 18.6 Å². The maximum Gasteiger partial charge on any atom is 0.254 e. The molecule has 22 heavy (non-hydrogen) atoms. The van der Waals surface area contributed by atoms with E-state index in [0.29, 0.717) is 18.9 Å². The Bertz CT molecular complexity index is 737. The Kier molecular flexibility index (Phi) is 2.43. The minimum atomic E-state index is -2.42. The number of alkyl halides is 2. The number of aromatic nitrogens is 3. The van der Waals surface area contributed by atoms with Gasteiger partial charge in [0.2, 0.25) is 0 Å². The van der Waals surface area contributed by atoms with Gasteiger partial charge in [-0.2, -0.15) is 0 Å². The summed E-state index contributed by atoms with van der Waals surface area (Å²) in [7, 11) is 0. The van der Waals surface area contributed by atoms with Gasteiger partial charge in [0.1, 0.15) is 17.8 Å². The second kappa shape index (κ2) is 4.18. The Morgan fingerprint density at radius 2 is 2.00 bits per heavy atom. The molecule has 4 nitrogen and oxygen atoms in total. The second-order valence-electron chi connectivity index (χ2n) is 6.96. The van der Waals surface area contributed by atoms with E-state index in [1.54, 1.807) is 6.33 Å². The normalized spacial score (nSPS) is 32.7. The average Bonchev–Trinajstić information content (AvgIpc) is 3.38. The fourth-order valence-corrected chi connectivity index (χ4v) is 4.04. The Morgan fingerprint density at radius 3 is 2.77 bits per heavy atom. The van der Waals surface area contributed by atoms with Gasteiger partial charge in [0.15, 0.2) is 0 Å². The molecule has 0 aliphatic heterocycles. The van der Waals surface area contributed by atoms with Crippen molar-refractivity contribution in [1.82, 2.24) is 14.5 Å². The molecule has 0 radical (unpaired) electrons. The molecule has 2 heterocycles. The van der Waals surface area contributed by atoms with E-state index in [1.165, 1.54) is 12.8 Å². The van der Waals surface area contributed by atoms with Crippen LogP contribution in [0.4, 0.5) is 14.6 Å². The van der Waals surface area contributed by atoms with Gasteiger partial charge in [0.05, 0.1) is 5.39 Å². The third-order valence-electron chi connectivity index (χ3n) is 5.52. The van der Waals surface area contributed by atoms with Gasteiger partial charge in [-0.05, 0) is 38.2 Å². The van der Waals surface area contributed by atoms with Gasteiger partial charge in [0, 0.05) is 30.1 Å². The fourth-order valence-electron chi connectivity index (χ4n) is 4.04. The van der Waals surface area contributed by atoms with Gasteiger partial charge in [-0.3, -0.25) is 0 Å². The Hall–Kier alpha value is -1.72. The van der Waals surface area contributed by atoms with Crippen molar-refractivity contribution < 1.29 is 8.78 Å². The predicted octanol–water partition coefficient (Wildman–Crippen LogP) is 3.61. The monoisotopic (exact) mass is 304 g/mol. The van der Waals surface area contributed by atoms with Crippen LogP contribution in [0.5, 0.6) is 0 Å². The summed E-state index contributed by atoms with van der Waals surface area (Å²) in [4.78, 5) is 8.74. The third-order valence-corrected chi connectivity index (χ3v) is 5.52. The fraction of sp³-hybridized carbons (Fsp3) is 0.625. The summed E-state index contributed by atoms with van der Waals surface area (Å²) in [5.74, 6) is -2.43. The zero-order valence-electron chi connectivity index (χ0n) is 12.2. The first-order valence-corrected chi connectivity index (χ1v) is 8.10. The Labute approximate surface area is 126 Å². The molecule has 1 N–H and O–H groups in total. The molecule has 3 aliphatic rings. The highest BCUT2D eigenvalue weighted by Crippen LogP contribution is 2.62. The number of anilines is 1. The lowest BCUT2D eigenvalue weighted by Gasteiger charge is -2.22. The number of hydrogen-bond donors (Lipinski definition) is 1. The van der Waals surface area contributed by atoms with Gasteiger partial charge in [-0.1, -0.05) is 0 Å². The molecule has 3 aliphatic carbocycles. The van der Waals surface area contributed by atoms with E-state index in [0.717, 1.165) is 23.3 Å². The minimum absolute atomic E-state index is 0.0944. The van der Waals surface area contributed by atoms with Crippen molar-refractivity contribution >= 4 is 16.9 Å². The zero-order valence-corrected chi connectivity index (χ0v) is 12.2. The van der Waals surface area contributed by atoms with Crippen molar-refractivity contribution in [1.29, 1.82) is 0 Å². The van der Waals surface area contributed by atoms with Gasteiger partial charge >= 0.3 is 0 Å². The smallest absolute Gasteiger partial charge is 0.254 e. The molecule has 5 rings (SSSR count). The molecule has 0 aromatic carbocycles. The minimum Gasteiger partial charge on any atom is -0.367 e. The van der Waals surface area contributed by atoms with E-state index in [-0.39, 0.29) is 12.0 Å². The predicted molar refractivity (Wildman–Crippen MR) is 79.0 cm³/mol. The highest BCUT2D eigenvalue weighted by atomic mass is 19.3. The van der Waals surface area contributed by atoms with E-state index in [2.05, 4.69) is 26.0 Å². The Balaban J connectivity index is 1.40. The maximum absolute atomic E-state index is 13.5. The summed E-state index contributed by atoms with van der Waals surface area (Å²) < 4.78 is 29.2. The largest absolute Gasteiger partial charge is 0.367 e. The van der Waals surface area contributed by atoms with Crippen LogP contribution in [0, 0.1) is 11.8 Å². The molecule has 2 aromatic heterocycles. The SMILES string of the molecule is FC1(F)C2CCC(Nc3ncnc4c3ccn4C3CC3)CC21. The van der Waals surface area contributed by atoms with Crippen molar-refractivity contribution in [3.05, 3.63) is 18.6 Å². The van der Waals surface area contributed by atoms with E-state index in [9.17, 15) is 8.78 Å². The van der Waals surface area contributed by atoms with Gasteiger partial charge in [-0.15, -0.1) is 0 Å². The molecule has 0 spiro atoms. The third kappa shape index (κ3) is 1.79. The topological polar surface area (TPSA) is 42.7 Å². The van der Waals surface area contributed by atoms with Gasteiger partial charge in [0.25, 0.3) is 5.92 Å². The van der Waals surface area contributed by atoms with Crippen molar-refractivity contribution in [2.45, 2.75) is 50.1 Å². The summed E-state index contributed by atoms with van der Waals surface area (Å²) in [6.07, 6.45) is 8.01. The standard InChI is InChI=1S/C16H18F2N4/c17-16(18)12-4-1-9(7-13(12)16)21-14-11-5-6-22(10-2-3-10)15(11)20-8-19-14/h5-6,8-10,12-13H,1-4,7H2,(H,19,20,21). The van der Waals surface area contributed by atoms with E-state index in [4.69, 9.17) is 0 Å². The molecule has 3 fully saturated rings. The van der Waals surface area contributed by atoms with E-state index < -0.39 is 11.8 Å². The van der Waals surface area contributed by atoms with Crippen LogP contribution in [0.3, 0.4) is 0 Å². The van der Waals surface area contributed by atoms with Crippen molar-refractivity contribution in [3.63, 3.8) is 0 Å². The highest BCUT2D eigenvalue weighted by Gasteiger charge is 2.68. The number of halogens is 2. The summed E-state index contributed by atoms with van der Waals surface area (Å²) in [6.45, 7) is 0. The first kappa shape index (κ1) is 12.8. The quantitative estimate of drug-likeness (QED) is 0.942. The van der Waals surface area contributed by atoms with E-state index in [1.807, 2.05) is 6.07 Å². The molecule has 3 saturated carbocycles. The van der Waals surface area contributed by atoms with Crippen molar-refractivity contribution in [3.8, 4) is 0 Å². The number of fused-ring (bicyclic) bond motifs is 2. The summed E-state index contributed by atoms with van der Waals surface area (Å²) in [5.41, 5.74) is 0.949. The van der Waals surface area contributed by atoms with Gasteiger partial charge < -0.3 is 9.88 Å². The van der Waals surface area contributed by atoms with Crippen molar-refractivity contribution in [2.75, 3.05) is 5.32 Å². The molecule has 2 aromatic rings. The maximum atomic E-state index is 13.5. The number of hydrogen-bond acceptors (Lipinski definition) is 3. The van der Waals surface area contributed by atoms with Crippen LogP contribution in [0.1, 0.15) is 38.1 Å². The molecule has 116 valence electrons. The molecular weight excluding hydrogens is 286 g/mol. The van der Waals surface area contributed by atoms with Crippen LogP contribution >= 0.6 is 0 Å². The number of rotatable bonds is 3. The molecule has 0 bridgehead atoms. The second-order valence-corrected chi connectivity index (χ2v) is 6.96. The molecule has 3 unspecified atom stereocenters. The summed E-state index contributed by atoms with van der Waals surface area (Å²) >= 11 is 0. The van der Waals surface area contributed by atoms with Crippen LogP contribution in [-0.4, -0.2) is 26.5 Å². The van der Waals surface area contributed by atoms with E-state index >= 15 is 0 Å². The molecule has 0 amide bonds. The lowest BCUT2D eigenvalue weighted by atomic mass is 9.95. The molecule has 3 atom stereocenters. The summed E-state index contributed by atoms with van der Waals surface area (Å²) in [6, 6.07) is 2.70. The van der Waals surface area contributed by atoms with Crippen LogP contribution in [0.25, 0.3) is 11.0 Å². The Morgan fingerprint density at radius 1 is 1.14 bits per heavy atom. The van der Waals surface area contributed by atoms with Gasteiger partial charge in [-0.25, -0.2) is 18.7 Å². The average molecular weight is 304 g/mol. The van der Waals surface area contributed by atoms with Crippen molar-refractivity contribution in [2.24, 2.45) is 11.8 Å². The van der Waals surface area contributed by atoms with Crippen LogP contribution in [0.2, 0.25) is 0 Å². The first-order chi connectivity index (χ1) is 10.6. The molecule has 0 saturated heterocycles. The zero-order chi connectivity index (χ0) is 14.9.